The van der Waals surface area contributed by atoms with Crippen LogP contribution in [-0.4, -0.2) is 4.57 Å². The lowest BCUT2D eigenvalue weighted by Gasteiger charge is -2.29. The lowest BCUT2D eigenvalue weighted by molar-refractivity contribution is 0.669. The largest absolute Gasteiger partial charge is 0.456 e. The predicted molar refractivity (Wildman–Crippen MR) is 231 cm³/mol. The number of hydrogen-bond acceptors (Lipinski definition) is 2. The van der Waals surface area contributed by atoms with Gasteiger partial charge in [-0.3, -0.25) is 0 Å². The molecule has 0 aliphatic carbocycles. The van der Waals surface area contributed by atoms with Gasteiger partial charge in [-0.05, 0) is 88.1 Å². The normalized spacial score (nSPS) is 11.6. The van der Waals surface area contributed by atoms with Gasteiger partial charge in [0.15, 0.2) is 0 Å². The fraction of sp³-hybridized carbons (Fsp3) is 0. The van der Waals surface area contributed by atoms with Crippen LogP contribution in [0.1, 0.15) is 0 Å². The summed E-state index contributed by atoms with van der Waals surface area (Å²) in [6, 6.07) is 74.0. The molecule has 0 radical (unpaired) electrons. The fourth-order valence-corrected chi connectivity index (χ4v) is 8.56. The molecule has 0 unspecified atom stereocenters. The SMILES string of the molecule is c1ccc(-c2ccccc2N(c2cccc(-c3cc(-n4c5ccccc5c5ccccc54)cc4ccccc34)c2)c2cccc3oc4ccccc4c23)cc1. The first-order valence-corrected chi connectivity index (χ1v) is 18.8. The van der Waals surface area contributed by atoms with E-state index >= 15 is 0 Å². The maximum Gasteiger partial charge on any atom is 0.137 e. The van der Waals surface area contributed by atoms with Crippen LogP contribution in [0.25, 0.3) is 82.5 Å². The van der Waals surface area contributed by atoms with E-state index in [-0.39, 0.29) is 0 Å². The summed E-state index contributed by atoms with van der Waals surface area (Å²) in [5.74, 6) is 0. The molecule has 2 aromatic heterocycles. The molecular formula is C52H34N2O. The van der Waals surface area contributed by atoms with E-state index < -0.39 is 0 Å². The van der Waals surface area contributed by atoms with Crippen LogP contribution in [0.3, 0.4) is 0 Å². The van der Waals surface area contributed by atoms with Crippen molar-refractivity contribution in [1.82, 2.24) is 4.57 Å². The van der Waals surface area contributed by atoms with Gasteiger partial charge in [-0.1, -0.05) is 146 Å². The summed E-state index contributed by atoms with van der Waals surface area (Å²) in [4.78, 5) is 2.41. The van der Waals surface area contributed by atoms with Gasteiger partial charge in [0.05, 0.1) is 27.8 Å². The van der Waals surface area contributed by atoms with E-state index in [9.17, 15) is 0 Å². The zero-order valence-electron chi connectivity index (χ0n) is 29.9. The molecule has 258 valence electrons. The molecular weight excluding hydrogens is 669 g/mol. The second-order valence-corrected chi connectivity index (χ2v) is 14.1. The van der Waals surface area contributed by atoms with Gasteiger partial charge in [0.25, 0.3) is 0 Å². The molecule has 0 saturated carbocycles. The Kier molecular flexibility index (Phi) is 7.17. The molecule has 0 aliphatic rings. The van der Waals surface area contributed by atoms with Crippen molar-refractivity contribution in [1.29, 1.82) is 0 Å². The Morgan fingerprint density at radius 2 is 0.982 bits per heavy atom. The summed E-state index contributed by atoms with van der Waals surface area (Å²) in [7, 11) is 0. The van der Waals surface area contributed by atoms with Crippen molar-refractivity contribution in [3.05, 3.63) is 206 Å². The lowest BCUT2D eigenvalue weighted by Crippen LogP contribution is -2.11. The Morgan fingerprint density at radius 3 is 1.80 bits per heavy atom. The topological polar surface area (TPSA) is 21.3 Å². The van der Waals surface area contributed by atoms with E-state index in [4.69, 9.17) is 4.42 Å². The summed E-state index contributed by atoms with van der Waals surface area (Å²) in [6.07, 6.45) is 0. The molecule has 0 amide bonds. The minimum absolute atomic E-state index is 0.863. The number of aromatic nitrogens is 1. The second-order valence-electron chi connectivity index (χ2n) is 14.1. The number of nitrogens with zero attached hydrogens (tertiary/aromatic N) is 2. The lowest BCUT2D eigenvalue weighted by atomic mass is 9.96. The zero-order valence-corrected chi connectivity index (χ0v) is 29.9. The van der Waals surface area contributed by atoms with Crippen molar-refractivity contribution in [3.8, 4) is 27.9 Å². The summed E-state index contributed by atoms with van der Waals surface area (Å²) in [5, 5.41) is 7.10. The van der Waals surface area contributed by atoms with Gasteiger partial charge >= 0.3 is 0 Å². The molecule has 0 aliphatic heterocycles. The van der Waals surface area contributed by atoms with Gasteiger partial charge < -0.3 is 13.9 Å². The minimum atomic E-state index is 0.863. The molecule has 11 rings (SSSR count). The van der Waals surface area contributed by atoms with Crippen LogP contribution in [0.5, 0.6) is 0 Å². The van der Waals surface area contributed by atoms with Crippen LogP contribution in [0, 0.1) is 0 Å². The van der Waals surface area contributed by atoms with Crippen LogP contribution in [0.4, 0.5) is 17.1 Å². The molecule has 3 nitrogen and oxygen atoms in total. The van der Waals surface area contributed by atoms with Crippen molar-refractivity contribution >= 4 is 71.6 Å². The Morgan fingerprint density at radius 1 is 0.382 bits per heavy atom. The van der Waals surface area contributed by atoms with Crippen LogP contribution >= 0.6 is 0 Å². The first kappa shape index (κ1) is 31.2. The number of hydrogen-bond donors (Lipinski definition) is 0. The Balaban J connectivity index is 1.17. The van der Waals surface area contributed by atoms with E-state index in [0.717, 1.165) is 61.4 Å². The second kappa shape index (κ2) is 12.6. The number of anilines is 3. The first-order valence-electron chi connectivity index (χ1n) is 18.8. The molecule has 0 N–H and O–H groups in total. The average Bonchev–Trinajstić information content (AvgIpc) is 3.81. The smallest absolute Gasteiger partial charge is 0.137 e. The predicted octanol–water partition coefficient (Wildman–Crippen LogP) is 14.6. The van der Waals surface area contributed by atoms with Gasteiger partial charge in [-0.15, -0.1) is 0 Å². The maximum atomic E-state index is 6.45. The monoisotopic (exact) mass is 702 g/mol. The van der Waals surface area contributed by atoms with Crippen LogP contribution in [0.15, 0.2) is 211 Å². The molecule has 0 fully saturated rings. The van der Waals surface area contributed by atoms with Gasteiger partial charge in [0.2, 0.25) is 0 Å². The maximum absolute atomic E-state index is 6.45. The third kappa shape index (κ3) is 5.05. The highest BCUT2D eigenvalue weighted by Gasteiger charge is 2.23. The van der Waals surface area contributed by atoms with Crippen molar-refractivity contribution in [2.75, 3.05) is 4.90 Å². The number of furan rings is 1. The van der Waals surface area contributed by atoms with E-state index in [2.05, 4.69) is 210 Å². The Labute approximate surface area is 318 Å². The van der Waals surface area contributed by atoms with E-state index in [1.165, 1.54) is 38.1 Å². The fourth-order valence-electron chi connectivity index (χ4n) is 8.56. The molecule has 9 aromatic carbocycles. The van der Waals surface area contributed by atoms with E-state index in [1.54, 1.807) is 0 Å². The van der Waals surface area contributed by atoms with Gasteiger partial charge in [0, 0.05) is 33.1 Å². The molecule has 2 heterocycles. The van der Waals surface area contributed by atoms with E-state index in [1.807, 2.05) is 6.07 Å². The highest BCUT2D eigenvalue weighted by atomic mass is 16.3. The van der Waals surface area contributed by atoms with E-state index in [0.29, 0.717) is 0 Å². The zero-order chi connectivity index (χ0) is 36.3. The van der Waals surface area contributed by atoms with Gasteiger partial charge in [0.1, 0.15) is 11.2 Å². The van der Waals surface area contributed by atoms with Crippen molar-refractivity contribution in [2.45, 2.75) is 0 Å². The first-order chi connectivity index (χ1) is 27.3. The Bertz CT molecular complexity index is 3170. The molecule has 0 saturated heterocycles. The van der Waals surface area contributed by atoms with Crippen molar-refractivity contribution < 1.29 is 4.42 Å². The number of fused-ring (bicyclic) bond motifs is 7. The number of benzene rings is 9. The average molecular weight is 703 g/mol. The molecule has 0 bridgehead atoms. The van der Waals surface area contributed by atoms with Crippen molar-refractivity contribution in [3.63, 3.8) is 0 Å². The molecule has 11 aromatic rings. The quantitative estimate of drug-likeness (QED) is 0.172. The standard InChI is InChI=1S/C52H34N2O/c1-2-16-35(17-3-1)41-22-6-10-26-46(41)53(49-29-15-31-51-52(49)44-25-9-13-30-50(44)55-51)38-20-14-19-37(32-38)45-34-39(33-36-18-4-5-21-40(36)45)54-47-27-11-7-23-42(47)43-24-8-12-28-48(43)54/h1-34H. The highest BCUT2D eigenvalue weighted by molar-refractivity contribution is 6.14. The molecule has 0 spiro atoms. The Hall–Kier alpha value is -7.36. The van der Waals surface area contributed by atoms with Gasteiger partial charge in [-0.25, -0.2) is 0 Å². The van der Waals surface area contributed by atoms with Crippen LogP contribution in [-0.2, 0) is 0 Å². The summed E-state index contributed by atoms with van der Waals surface area (Å²) in [6.45, 7) is 0. The minimum Gasteiger partial charge on any atom is -0.456 e. The van der Waals surface area contributed by atoms with Crippen LogP contribution in [0.2, 0.25) is 0 Å². The van der Waals surface area contributed by atoms with Crippen LogP contribution < -0.4 is 4.90 Å². The third-order valence-electron chi connectivity index (χ3n) is 11.0. The number of rotatable bonds is 6. The summed E-state index contributed by atoms with van der Waals surface area (Å²) >= 11 is 0. The number of para-hydroxylation sites is 4. The molecule has 0 atom stereocenters. The van der Waals surface area contributed by atoms with Gasteiger partial charge in [-0.2, -0.15) is 0 Å². The highest BCUT2D eigenvalue weighted by Crippen LogP contribution is 2.47. The third-order valence-corrected chi connectivity index (χ3v) is 11.0. The molecule has 3 heteroatoms. The molecule has 55 heavy (non-hydrogen) atoms. The summed E-state index contributed by atoms with van der Waals surface area (Å²) in [5.41, 5.74) is 13.1. The summed E-state index contributed by atoms with van der Waals surface area (Å²) < 4.78 is 8.87. The van der Waals surface area contributed by atoms with Crippen molar-refractivity contribution in [2.24, 2.45) is 0 Å².